The maximum atomic E-state index is 12.1. The molecule has 1 aromatic carbocycles. The SMILES string of the molecule is NCCn1cnc(C(=O)N[C@H](CO)Cc2ccccc2)c1. The van der Waals surface area contributed by atoms with Crippen LogP contribution >= 0.6 is 0 Å². The molecule has 0 aliphatic heterocycles. The van der Waals surface area contributed by atoms with Gasteiger partial charge >= 0.3 is 0 Å². The molecule has 0 bridgehead atoms. The number of nitrogens with one attached hydrogen (secondary N) is 1. The van der Waals surface area contributed by atoms with Crippen molar-refractivity contribution in [2.24, 2.45) is 5.73 Å². The Bertz CT molecular complexity index is 568. The zero-order valence-corrected chi connectivity index (χ0v) is 11.8. The lowest BCUT2D eigenvalue weighted by Gasteiger charge is -2.15. The summed E-state index contributed by atoms with van der Waals surface area (Å²) in [5, 5.41) is 12.2. The van der Waals surface area contributed by atoms with Crippen LogP contribution in [0.15, 0.2) is 42.9 Å². The number of rotatable bonds is 7. The topological polar surface area (TPSA) is 93.2 Å². The largest absolute Gasteiger partial charge is 0.394 e. The molecule has 0 fully saturated rings. The van der Waals surface area contributed by atoms with E-state index >= 15 is 0 Å². The Kier molecular flexibility index (Phi) is 5.48. The van der Waals surface area contributed by atoms with E-state index in [-0.39, 0.29) is 18.6 Å². The molecule has 112 valence electrons. The highest BCUT2D eigenvalue weighted by Crippen LogP contribution is 2.04. The fourth-order valence-corrected chi connectivity index (χ4v) is 2.07. The van der Waals surface area contributed by atoms with E-state index in [1.807, 2.05) is 30.3 Å². The number of nitrogens with two attached hydrogens (primary N) is 1. The van der Waals surface area contributed by atoms with Gasteiger partial charge in [-0.25, -0.2) is 4.98 Å². The van der Waals surface area contributed by atoms with Gasteiger partial charge in [-0.3, -0.25) is 4.79 Å². The molecule has 4 N–H and O–H groups in total. The molecule has 2 aromatic rings. The van der Waals surface area contributed by atoms with E-state index in [1.165, 1.54) is 0 Å². The monoisotopic (exact) mass is 288 g/mol. The molecule has 1 aromatic heterocycles. The molecule has 1 atom stereocenters. The summed E-state index contributed by atoms with van der Waals surface area (Å²) < 4.78 is 1.76. The van der Waals surface area contributed by atoms with Crippen molar-refractivity contribution in [3.63, 3.8) is 0 Å². The molecule has 0 unspecified atom stereocenters. The zero-order chi connectivity index (χ0) is 15.1. The molecule has 0 saturated heterocycles. The normalized spacial score (nSPS) is 12.1. The predicted octanol–water partition coefficient (Wildman–Crippen LogP) is 0.175. The van der Waals surface area contributed by atoms with Gasteiger partial charge in [0.05, 0.1) is 19.0 Å². The van der Waals surface area contributed by atoms with Crippen LogP contribution < -0.4 is 11.1 Å². The van der Waals surface area contributed by atoms with Gasteiger partial charge in [-0.05, 0) is 12.0 Å². The van der Waals surface area contributed by atoms with Crippen molar-refractivity contribution in [2.75, 3.05) is 13.2 Å². The van der Waals surface area contributed by atoms with E-state index in [0.717, 1.165) is 5.56 Å². The molecule has 2 rings (SSSR count). The van der Waals surface area contributed by atoms with E-state index < -0.39 is 0 Å². The third kappa shape index (κ3) is 4.40. The molecule has 1 heterocycles. The molecular weight excluding hydrogens is 268 g/mol. The number of imidazole rings is 1. The van der Waals surface area contributed by atoms with Crippen molar-refractivity contribution in [1.82, 2.24) is 14.9 Å². The van der Waals surface area contributed by atoms with Crippen LogP contribution in [-0.4, -0.2) is 39.8 Å². The summed E-state index contributed by atoms with van der Waals surface area (Å²) in [5.74, 6) is -0.291. The first kappa shape index (κ1) is 15.2. The Hall–Kier alpha value is -2.18. The van der Waals surface area contributed by atoms with Crippen LogP contribution in [0, 0.1) is 0 Å². The van der Waals surface area contributed by atoms with Crippen LogP contribution in [-0.2, 0) is 13.0 Å². The minimum absolute atomic E-state index is 0.121. The number of nitrogens with zero attached hydrogens (tertiary/aromatic N) is 2. The van der Waals surface area contributed by atoms with Crippen LogP contribution in [0.2, 0.25) is 0 Å². The van der Waals surface area contributed by atoms with Gasteiger partial charge in [0.2, 0.25) is 0 Å². The fraction of sp³-hybridized carbons (Fsp3) is 0.333. The average molecular weight is 288 g/mol. The summed E-state index contributed by atoms with van der Waals surface area (Å²) in [6.07, 6.45) is 3.80. The van der Waals surface area contributed by atoms with E-state index in [4.69, 9.17) is 5.73 Å². The Morgan fingerprint density at radius 3 is 2.81 bits per heavy atom. The molecule has 0 saturated carbocycles. The summed E-state index contributed by atoms with van der Waals surface area (Å²) in [6.45, 7) is 0.989. The average Bonchev–Trinajstić information content (AvgIpc) is 2.97. The Morgan fingerprint density at radius 2 is 2.14 bits per heavy atom. The second-order valence-electron chi connectivity index (χ2n) is 4.83. The van der Waals surface area contributed by atoms with Gasteiger partial charge in [-0.2, -0.15) is 0 Å². The smallest absolute Gasteiger partial charge is 0.271 e. The van der Waals surface area contributed by atoms with Gasteiger partial charge in [-0.1, -0.05) is 30.3 Å². The lowest BCUT2D eigenvalue weighted by molar-refractivity contribution is 0.0912. The zero-order valence-electron chi connectivity index (χ0n) is 11.8. The highest BCUT2D eigenvalue weighted by Gasteiger charge is 2.15. The van der Waals surface area contributed by atoms with Crippen LogP contribution in [0.4, 0.5) is 0 Å². The molecular formula is C15H20N4O2. The van der Waals surface area contributed by atoms with Crippen molar-refractivity contribution in [3.8, 4) is 0 Å². The summed E-state index contributed by atoms with van der Waals surface area (Å²) >= 11 is 0. The van der Waals surface area contributed by atoms with Crippen molar-refractivity contribution in [1.29, 1.82) is 0 Å². The molecule has 21 heavy (non-hydrogen) atoms. The van der Waals surface area contributed by atoms with Crippen molar-refractivity contribution in [3.05, 3.63) is 54.1 Å². The summed E-state index contributed by atoms with van der Waals surface area (Å²) in [6, 6.07) is 9.38. The maximum absolute atomic E-state index is 12.1. The standard InChI is InChI=1S/C15H20N4O2/c16-6-7-19-9-14(17-11-19)15(21)18-13(10-20)8-12-4-2-1-3-5-12/h1-5,9,11,13,20H,6-8,10,16H2,(H,18,21)/t13-/m0/s1. The van der Waals surface area contributed by atoms with Crippen LogP contribution in [0.25, 0.3) is 0 Å². The molecule has 1 amide bonds. The van der Waals surface area contributed by atoms with Gasteiger partial charge in [0, 0.05) is 19.3 Å². The Morgan fingerprint density at radius 1 is 1.38 bits per heavy atom. The first-order valence-corrected chi connectivity index (χ1v) is 6.90. The van der Waals surface area contributed by atoms with Crippen molar-refractivity contribution < 1.29 is 9.90 Å². The second-order valence-corrected chi connectivity index (χ2v) is 4.83. The van der Waals surface area contributed by atoms with Gasteiger partial charge in [0.15, 0.2) is 0 Å². The first-order valence-electron chi connectivity index (χ1n) is 6.90. The highest BCUT2D eigenvalue weighted by molar-refractivity contribution is 5.92. The Balaban J connectivity index is 1.95. The summed E-state index contributed by atoms with van der Waals surface area (Å²) in [5.41, 5.74) is 6.84. The van der Waals surface area contributed by atoms with E-state index in [0.29, 0.717) is 25.2 Å². The number of hydrogen-bond donors (Lipinski definition) is 3. The van der Waals surface area contributed by atoms with Gasteiger partial charge < -0.3 is 20.7 Å². The lowest BCUT2D eigenvalue weighted by atomic mass is 10.1. The third-order valence-corrected chi connectivity index (χ3v) is 3.13. The summed E-state index contributed by atoms with van der Waals surface area (Å²) in [4.78, 5) is 16.1. The summed E-state index contributed by atoms with van der Waals surface area (Å²) in [7, 11) is 0. The first-order chi connectivity index (χ1) is 10.2. The highest BCUT2D eigenvalue weighted by atomic mass is 16.3. The quantitative estimate of drug-likeness (QED) is 0.677. The number of aliphatic hydroxyl groups is 1. The fourth-order valence-electron chi connectivity index (χ4n) is 2.07. The molecule has 0 aliphatic rings. The van der Waals surface area contributed by atoms with Crippen molar-refractivity contribution in [2.45, 2.75) is 19.0 Å². The molecule has 6 heteroatoms. The predicted molar refractivity (Wildman–Crippen MR) is 79.8 cm³/mol. The van der Waals surface area contributed by atoms with Gasteiger partial charge in [0.1, 0.15) is 5.69 Å². The third-order valence-electron chi connectivity index (χ3n) is 3.13. The van der Waals surface area contributed by atoms with Crippen LogP contribution in [0.1, 0.15) is 16.1 Å². The number of carbonyl (C=O) groups is 1. The van der Waals surface area contributed by atoms with E-state index in [1.54, 1.807) is 17.1 Å². The number of aliphatic hydroxyl groups excluding tert-OH is 1. The van der Waals surface area contributed by atoms with E-state index in [9.17, 15) is 9.90 Å². The number of aromatic nitrogens is 2. The van der Waals surface area contributed by atoms with Crippen molar-refractivity contribution >= 4 is 5.91 Å². The lowest BCUT2D eigenvalue weighted by Crippen LogP contribution is -2.39. The number of carbonyl (C=O) groups excluding carboxylic acids is 1. The second kappa shape index (κ2) is 7.56. The van der Waals surface area contributed by atoms with Crippen LogP contribution in [0.5, 0.6) is 0 Å². The number of benzene rings is 1. The Labute approximate surface area is 123 Å². The van der Waals surface area contributed by atoms with Gasteiger partial charge in [-0.15, -0.1) is 0 Å². The van der Waals surface area contributed by atoms with E-state index in [2.05, 4.69) is 10.3 Å². The number of amides is 1. The maximum Gasteiger partial charge on any atom is 0.271 e. The molecule has 6 nitrogen and oxygen atoms in total. The minimum Gasteiger partial charge on any atom is -0.394 e. The molecule has 0 radical (unpaired) electrons. The van der Waals surface area contributed by atoms with Crippen LogP contribution in [0.3, 0.4) is 0 Å². The molecule has 0 spiro atoms. The van der Waals surface area contributed by atoms with Gasteiger partial charge in [0.25, 0.3) is 5.91 Å². The minimum atomic E-state index is -0.334. The molecule has 0 aliphatic carbocycles. The number of hydrogen-bond acceptors (Lipinski definition) is 4.